The number of carbonyl (C=O) groups is 4. The summed E-state index contributed by atoms with van der Waals surface area (Å²) in [6, 6.07) is 2.27. The van der Waals surface area contributed by atoms with Crippen LogP contribution >= 0.6 is 0 Å². The van der Waals surface area contributed by atoms with Gasteiger partial charge in [0.25, 0.3) is 5.91 Å². The molecular formula is C41H59BN4O11. The number of aromatic nitrogens is 2. The summed E-state index contributed by atoms with van der Waals surface area (Å²) in [5, 5.41) is 2.62. The average molecular weight is 795 g/mol. The minimum atomic E-state index is -1.12. The van der Waals surface area contributed by atoms with Crippen molar-refractivity contribution in [3.05, 3.63) is 41.5 Å². The third-order valence-electron chi connectivity index (χ3n) is 11.2. The lowest BCUT2D eigenvalue weighted by Gasteiger charge is -2.64. The molecule has 0 spiro atoms. The van der Waals surface area contributed by atoms with Crippen molar-refractivity contribution in [3.63, 3.8) is 0 Å². The Morgan fingerprint density at radius 3 is 2.23 bits per heavy atom. The minimum absolute atomic E-state index is 0.00133. The Hall–Kier alpha value is -4.31. The van der Waals surface area contributed by atoms with Gasteiger partial charge in [-0.15, -0.1) is 0 Å². The molecule has 2 aromatic rings. The highest BCUT2D eigenvalue weighted by molar-refractivity contribution is 6.45. The molecule has 3 aliphatic carbocycles. The van der Waals surface area contributed by atoms with Crippen molar-refractivity contribution < 1.29 is 52.2 Å². The second-order valence-corrected chi connectivity index (χ2v) is 19.5. The second-order valence-electron chi connectivity index (χ2n) is 19.5. The predicted octanol–water partition coefficient (Wildman–Crippen LogP) is 6.81. The van der Waals surface area contributed by atoms with Crippen LogP contribution in [-0.2, 0) is 34.7 Å². The zero-order chi connectivity index (χ0) is 41.9. The van der Waals surface area contributed by atoms with E-state index in [2.05, 4.69) is 36.1 Å². The molecule has 3 heterocycles. The number of hydrogen-bond donors (Lipinski definition) is 2. The molecular weight excluding hydrogens is 735 g/mol. The number of H-pyrrole nitrogens is 1. The molecule has 5 atom stereocenters. The average Bonchev–Trinajstić information content (AvgIpc) is 3.69. The van der Waals surface area contributed by atoms with E-state index >= 15 is 0 Å². The third-order valence-corrected chi connectivity index (χ3v) is 11.2. The number of benzene rings is 1. The molecule has 2 saturated heterocycles. The van der Waals surface area contributed by atoms with Crippen LogP contribution in [-0.4, -0.2) is 93.8 Å². The van der Waals surface area contributed by atoms with Gasteiger partial charge in [0.1, 0.15) is 34.2 Å². The third kappa shape index (κ3) is 9.37. The van der Waals surface area contributed by atoms with Crippen LogP contribution in [0.3, 0.4) is 0 Å². The number of hydrogen-bond acceptors (Lipinski definition) is 12. The fraction of sp³-hybridized carbons (Fsp3) is 0.683. The van der Waals surface area contributed by atoms with Gasteiger partial charge in [0.2, 0.25) is 0 Å². The van der Waals surface area contributed by atoms with Gasteiger partial charge in [0.15, 0.2) is 11.8 Å². The van der Waals surface area contributed by atoms with Gasteiger partial charge >= 0.3 is 25.3 Å². The van der Waals surface area contributed by atoms with Crippen LogP contribution < -0.4 is 14.8 Å². The van der Waals surface area contributed by atoms with Gasteiger partial charge in [-0.3, -0.25) is 4.79 Å². The number of nitrogens with one attached hydrogen (secondary N) is 2. The molecule has 57 heavy (non-hydrogen) atoms. The number of rotatable bonds is 10. The van der Waals surface area contributed by atoms with Crippen LogP contribution in [0.4, 0.5) is 9.59 Å². The molecule has 16 heteroatoms. The highest BCUT2D eigenvalue weighted by Gasteiger charge is 2.67. The summed E-state index contributed by atoms with van der Waals surface area (Å²) >= 11 is 0. The number of carbonyl (C=O) groups excluding carboxylic acids is 4. The fourth-order valence-corrected chi connectivity index (χ4v) is 8.42. The summed E-state index contributed by atoms with van der Waals surface area (Å²) in [4.78, 5) is 62.2. The number of ether oxygens (including phenoxy) is 5. The van der Waals surface area contributed by atoms with Gasteiger partial charge < -0.3 is 48.2 Å². The summed E-state index contributed by atoms with van der Waals surface area (Å²) < 4.78 is 42.2. The van der Waals surface area contributed by atoms with Gasteiger partial charge in [-0.05, 0) is 124 Å². The van der Waals surface area contributed by atoms with E-state index in [4.69, 9.17) is 33.0 Å². The molecule has 5 fully saturated rings. The first kappa shape index (κ1) is 42.3. The van der Waals surface area contributed by atoms with Crippen molar-refractivity contribution in [3.8, 4) is 11.5 Å². The Bertz CT molecular complexity index is 1840. The first-order valence-corrected chi connectivity index (χ1v) is 19.9. The number of alkyl carbamates (subject to hydrolysis) is 1. The van der Waals surface area contributed by atoms with E-state index in [0.717, 1.165) is 12.8 Å². The minimum Gasteiger partial charge on any atom is -0.486 e. The van der Waals surface area contributed by atoms with Crippen molar-refractivity contribution in [1.29, 1.82) is 0 Å². The maximum atomic E-state index is 14.1. The molecule has 1 aromatic heterocycles. The summed E-state index contributed by atoms with van der Waals surface area (Å²) in [5.74, 6) is -0.126. The van der Waals surface area contributed by atoms with Gasteiger partial charge in [0, 0.05) is 6.20 Å². The number of aryl methyl sites for hydroxylation is 1. The molecule has 2 amide bonds. The molecule has 15 nitrogen and oxygen atoms in total. The quantitative estimate of drug-likeness (QED) is 0.111. The molecule has 7 rings (SSSR count). The monoisotopic (exact) mass is 794 g/mol. The highest BCUT2D eigenvalue weighted by Crippen LogP contribution is 2.65. The number of likely N-dealkylation sites (tertiary alicyclic amines) is 1. The molecule has 2 aliphatic heterocycles. The largest absolute Gasteiger partial charge is 0.514 e. The molecule has 3 saturated carbocycles. The molecule has 0 unspecified atom stereocenters. The molecule has 1 aromatic carbocycles. The standard InChI is InChI=1S/C41H59BN4O11/c1-37(2,3)53-34(48)30-27(51-25-20-46(21-25)33(47)31(26-19-43-22-44-26)45-35(49)54-38(4,5)6)14-13-23(32(30)52-36(50)55-39(7,8)9)15-16-42-56-29-18-24-17-28(40(24,10)11)41(29,12)57-42/h13-14,19,22,24-25,28-29,31H,15-18,20-21H2,1-12H3,(H,43,44)(H,45,49)/t24-,28-,29+,31+,41-/m0/s1. The topological polar surface area (TPSA) is 177 Å². The Balaban J connectivity index is 1.23. The summed E-state index contributed by atoms with van der Waals surface area (Å²) in [6.45, 7) is 22.6. The number of amides is 2. The maximum absolute atomic E-state index is 14.1. The van der Waals surface area contributed by atoms with Gasteiger partial charge in [-0.2, -0.15) is 0 Å². The van der Waals surface area contributed by atoms with Crippen LogP contribution in [0.5, 0.6) is 11.5 Å². The van der Waals surface area contributed by atoms with Crippen LogP contribution in [0.25, 0.3) is 0 Å². The molecule has 5 aliphatic rings. The normalized spacial score (nSPS) is 24.7. The van der Waals surface area contributed by atoms with Crippen LogP contribution in [0.2, 0.25) is 6.32 Å². The lowest BCUT2D eigenvalue weighted by molar-refractivity contribution is -0.199. The molecule has 2 bridgehead atoms. The van der Waals surface area contributed by atoms with Crippen molar-refractivity contribution in [2.75, 3.05) is 13.1 Å². The summed E-state index contributed by atoms with van der Waals surface area (Å²) in [7, 11) is -0.487. The first-order chi connectivity index (χ1) is 26.3. The number of aromatic amines is 1. The fourth-order valence-electron chi connectivity index (χ4n) is 8.42. The van der Waals surface area contributed by atoms with E-state index in [1.54, 1.807) is 74.4 Å². The van der Waals surface area contributed by atoms with Gasteiger partial charge in [0.05, 0.1) is 36.8 Å². The van der Waals surface area contributed by atoms with Crippen LogP contribution in [0.15, 0.2) is 24.7 Å². The Kier molecular flexibility index (Phi) is 11.2. The maximum Gasteiger partial charge on any atom is 0.514 e. The Morgan fingerprint density at radius 1 is 0.965 bits per heavy atom. The zero-order valence-corrected chi connectivity index (χ0v) is 35.4. The first-order valence-electron chi connectivity index (χ1n) is 19.9. The lowest BCUT2D eigenvalue weighted by atomic mass is 9.43. The Labute approximate surface area is 335 Å². The Morgan fingerprint density at radius 2 is 1.63 bits per heavy atom. The van der Waals surface area contributed by atoms with Crippen LogP contribution in [0.1, 0.15) is 124 Å². The number of nitrogens with zero attached hydrogens (tertiary/aromatic N) is 2. The predicted molar refractivity (Wildman–Crippen MR) is 209 cm³/mol. The van der Waals surface area contributed by atoms with Crippen molar-refractivity contribution >= 4 is 31.2 Å². The van der Waals surface area contributed by atoms with E-state index < -0.39 is 60.2 Å². The molecule has 312 valence electrons. The van der Waals surface area contributed by atoms with E-state index in [9.17, 15) is 19.2 Å². The number of imidazole rings is 1. The van der Waals surface area contributed by atoms with Gasteiger partial charge in [-0.25, -0.2) is 19.4 Å². The highest BCUT2D eigenvalue weighted by atomic mass is 16.7. The zero-order valence-electron chi connectivity index (χ0n) is 35.4. The lowest BCUT2D eigenvalue weighted by Crippen LogP contribution is -2.65. The SMILES string of the molecule is CC(C)(C)OC(=O)N[C@@H](C(=O)N1CC(Oc2ccc(CCB3O[C@@H]4C[C@@H]5C[C@@H](C5(C)C)[C@]4(C)O3)c(OC(=O)OC(C)(C)C)c2C(=O)OC(C)(C)C)C1)c1c[nH]cn1. The van der Waals surface area contributed by atoms with E-state index in [1.807, 2.05) is 0 Å². The summed E-state index contributed by atoms with van der Waals surface area (Å²) in [5.41, 5.74) is -2.00. The van der Waals surface area contributed by atoms with Gasteiger partial charge in [-0.1, -0.05) is 19.9 Å². The smallest absolute Gasteiger partial charge is 0.486 e. The van der Waals surface area contributed by atoms with Crippen molar-refractivity contribution in [2.45, 2.75) is 149 Å². The van der Waals surface area contributed by atoms with Crippen molar-refractivity contribution in [1.82, 2.24) is 20.2 Å². The van der Waals surface area contributed by atoms with Crippen molar-refractivity contribution in [2.24, 2.45) is 17.3 Å². The number of esters is 1. The van der Waals surface area contributed by atoms with E-state index in [1.165, 1.54) is 17.4 Å². The van der Waals surface area contributed by atoms with Crippen LogP contribution in [0, 0.1) is 17.3 Å². The van der Waals surface area contributed by atoms with E-state index in [-0.39, 0.29) is 47.3 Å². The van der Waals surface area contributed by atoms with E-state index in [0.29, 0.717) is 35.8 Å². The molecule has 2 N–H and O–H groups in total. The summed E-state index contributed by atoms with van der Waals surface area (Å²) in [6.07, 6.45) is 3.47. The molecule has 0 radical (unpaired) electrons. The second kappa shape index (κ2) is 15.1.